The van der Waals surface area contributed by atoms with Crippen molar-refractivity contribution in [2.45, 2.75) is 62.7 Å². The summed E-state index contributed by atoms with van der Waals surface area (Å²) in [5.41, 5.74) is 0. The highest BCUT2D eigenvalue weighted by molar-refractivity contribution is 7.99. The predicted octanol–water partition coefficient (Wildman–Crippen LogP) is 2.56. The molecule has 3 rings (SSSR count). The van der Waals surface area contributed by atoms with Crippen LogP contribution in [0.15, 0.2) is 5.16 Å². The van der Waals surface area contributed by atoms with E-state index in [2.05, 4.69) is 26.6 Å². The van der Waals surface area contributed by atoms with Crippen LogP contribution in [0.5, 0.6) is 0 Å². The molecule has 1 N–H and O–H groups in total. The zero-order valence-corrected chi connectivity index (χ0v) is 13.2. The summed E-state index contributed by atoms with van der Waals surface area (Å²) in [7, 11) is 0. The van der Waals surface area contributed by atoms with Crippen molar-refractivity contribution in [1.29, 1.82) is 0 Å². The second-order valence-corrected chi connectivity index (χ2v) is 6.73. The molecule has 2 saturated carbocycles. The molecule has 0 unspecified atom stereocenters. The summed E-state index contributed by atoms with van der Waals surface area (Å²) in [4.78, 5) is 13.2. The van der Waals surface area contributed by atoms with Gasteiger partial charge < -0.3 is 10.0 Å². The molecular weight excluding hydrogens is 288 g/mol. The van der Waals surface area contributed by atoms with E-state index in [0.29, 0.717) is 12.1 Å². The highest BCUT2D eigenvalue weighted by Crippen LogP contribution is 2.42. The lowest BCUT2D eigenvalue weighted by Gasteiger charge is -2.28. The van der Waals surface area contributed by atoms with Gasteiger partial charge in [0.05, 0.1) is 5.75 Å². The SMILES string of the molecule is CCN(c1nnc(SCC(=O)O)n1C1CC1)C1CCCC1. The molecule has 0 atom stereocenters. The van der Waals surface area contributed by atoms with Crippen LogP contribution in [0, 0.1) is 0 Å². The molecule has 0 aromatic carbocycles. The molecule has 0 aliphatic heterocycles. The number of anilines is 1. The van der Waals surface area contributed by atoms with Crippen molar-refractivity contribution >= 4 is 23.7 Å². The molecule has 0 spiro atoms. The molecule has 21 heavy (non-hydrogen) atoms. The van der Waals surface area contributed by atoms with E-state index in [0.717, 1.165) is 30.5 Å². The van der Waals surface area contributed by atoms with E-state index in [-0.39, 0.29) is 5.75 Å². The smallest absolute Gasteiger partial charge is 0.313 e. The van der Waals surface area contributed by atoms with E-state index in [9.17, 15) is 4.79 Å². The topological polar surface area (TPSA) is 71.2 Å². The molecule has 0 bridgehead atoms. The van der Waals surface area contributed by atoms with Gasteiger partial charge in [-0.2, -0.15) is 0 Å². The fourth-order valence-corrected chi connectivity index (χ4v) is 3.84. The van der Waals surface area contributed by atoms with Crippen LogP contribution in [0.1, 0.15) is 51.5 Å². The van der Waals surface area contributed by atoms with E-state index >= 15 is 0 Å². The number of carbonyl (C=O) groups is 1. The van der Waals surface area contributed by atoms with Crippen molar-refractivity contribution in [3.8, 4) is 0 Å². The maximum absolute atomic E-state index is 10.8. The molecule has 0 amide bonds. The predicted molar refractivity (Wildman–Crippen MR) is 81.9 cm³/mol. The molecule has 7 heteroatoms. The first-order valence-electron chi connectivity index (χ1n) is 7.76. The average molecular weight is 310 g/mol. The Morgan fingerprint density at radius 3 is 2.62 bits per heavy atom. The van der Waals surface area contributed by atoms with Gasteiger partial charge in [0, 0.05) is 18.6 Å². The first-order chi connectivity index (χ1) is 10.2. The zero-order valence-electron chi connectivity index (χ0n) is 12.4. The maximum atomic E-state index is 10.8. The second kappa shape index (κ2) is 6.25. The monoisotopic (exact) mass is 310 g/mol. The van der Waals surface area contributed by atoms with Crippen molar-refractivity contribution in [3.05, 3.63) is 0 Å². The van der Waals surface area contributed by atoms with Crippen LogP contribution < -0.4 is 4.90 Å². The highest BCUT2D eigenvalue weighted by Gasteiger charge is 2.34. The summed E-state index contributed by atoms with van der Waals surface area (Å²) in [5.74, 6) is 0.176. The fourth-order valence-electron chi connectivity index (χ4n) is 3.12. The first kappa shape index (κ1) is 14.7. The molecule has 116 valence electrons. The summed E-state index contributed by atoms with van der Waals surface area (Å²) in [6.45, 7) is 3.09. The Morgan fingerprint density at radius 2 is 2.05 bits per heavy atom. The van der Waals surface area contributed by atoms with Crippen LogP contribution in [-0.2, 0) is 4.79 Å². The Bertz CT molecular complexity index is 509. The van der Waals surface area contributed by atoms with Gasteiger partial charge in [0.15, 0.2) is 5.16 Å². The molecule has 6 nitrogen and oxygen atoms in total. The third-order valence-corrected chi connectivity index (χ3v) is 5.17. The molecule has 0 radical (unpaired) electrons. The van der Waals surface area contributed by atoms with Crippen LogP contribution in [0.3, 0.4) is 0 Å². The van der Waals surface area contributed by atoms with Gasteiger partial charge in [-0.25, -0.2) is 0 Å². The Hall–Kier alpha value is -1.24. The quantitative estimate of drug-likeness (QED) is 0.780. The largest absolute Gasteiger partial charge is 0.481 e. The number of carboxylic acids is 1. The zero-order chi connectivity index (χ0) is 14.8. The lowest BCUT2D eigenvalue weighted by molar-refractivity contribution is -0.133. The molecule has 2 aliphatic carbocycles. The fraction of sp³-hybridized carbons (Fsp3) is 0.786. The second-order valence-electron chi connectivity index (χ2n) is 5.79. The van der Waals surface area contributed by atoms with Crippen LogP contribution in [0.2, 0.25) is 0 Å². The molecule has 2 fully saturated rings. The third kappa shape index (κ3) is 3.17. The Kier molecular flexibility index (Phi) is 4.37. The highest BCUT2D eigenvalue weighted by atomic mass is 32.2. The lowest BCUT2D eigenvalue weighted by atomic mass is 10.2. The van der Waals surface area contributed by atoms with Crippen molar-refractivity contribution < 1.29 is 9.90 Å². The van der Waals surface area contributed by atoms with Crippen molar-refractivity contribution in [2.75, 3.05) is 17.2 Å². The number of thioether (sulfide) groups is 1. The maximum Gasteiger partial charge on any atom is 0.313 e. The molecule has 1 aromatic rings. The number of carboxylic acid groups (broad SMARTS) is 1. The minimum atomic E-state index is -0.810. The van der Waals surface area contributed by atoms with E-state index in [4.69, 9.17) is 5.11 Å². The summed E-state index contributed by atoms with van der Waals surface area (Å²) in [6.07, 6.45) is 7.33. The minimum Gasteiger partial charge on any atom is -0.481 e. The number of aromatic nitrogens is 3. The third-order valence-electron chi connectivity index (χ3n) is 4.25. The summed E-state index contributed by atoms with van der Waals surface area (Å²) >= 11 is 1.28. The van der Waals surface area contributed by atoms with Crippen LogP contribution in [0.4, 0.5) is 5.95 Å². The van der Waals surface area contributed by atoms with Gasteiger partial charge in [-0.05, 0) is 32.6 Å². The van der Waals surface area contributed by atoms with Crippen LogP contribution >= 0.6 is 11.8 Å². The van der Waals surface area contributed by atoms with Crippen LogP contribution in [-0.4, -0.2) is 44.2 Å². The van der Waals surface area contributed by atoms with E-state index < -0.39 is 5.97 Å². The van der Waals surface area contributed by atoms with Gasteiger partial charge in [0.25, 0.3) is 0 Å². The number of aliphatic carboxylic acids is 1. The van der Waals surface area contributed by atoms with E-state index in [1.807, 2.05) is 0 Å². The summed E-state index contributed by atoms with van der Waals surface area (Å²) in [6, 6.07) is 1.02. The van der Waals surface area contributed by atoms with Crippen LogP contribution in [0.25, 0.3) is 0 Å². The Morgan fingerprint density at radius 1 is 1.33 bits per heavy atom. The minimum absolute atomic E-state index is 0.0421. The summed E-state index contributed by atoms with van der Waals surface area (Å²) in [5, 5.41) is 18.3. The number of hydrogen-bond donors (Lipinski definition) is 1. The lowest BCUT2D eigenvalue weighted by Crippen LogP contribution is -2.35. The van der Waals surface area contributed by atoms with Gasteiger partial charge in [-0.1, -0.05) is 24.6 Å². The van der Waals surface area contributed by atoms with Crippen molar-refractivity contribution in [3.63, 3.8) is 0 Å². The normalized spacial score (nSPS) is 19.1. The molecule has 2 aliphatic rings. The van der Waals surface area contributed by atoms with Gasteiger partial charge in [-0.3, -0.25) is 9.36 Å². The number of nitrogens with zero attached hydrogens (tertiary/aromatic N) is 4. The first-order valence-corrected chi connectivity index (χ1v) is 8.75. The van der Waals surface area contributed by atoms with E-state index in [1.165, 1.54) is 37.4 Å². The Balaban J connectivity index is 1.84. The van der Waals surface area contributed by atoms with Gasteiger partial charge >= 0.3 is 5.97 Å². The molecule has 1 aromatic heterocycles. The molecule has 1 heterocycles. The van der Waals surface area contributed by atoms with E-state index in [1.54, 1.807) is 0 Å². The van der Waals surface area contributed by atoms with Crippen molar-refractivity contribution in [1.82, 2.24) is 14.8 Å². The number of hydrogen-bond acceptors (Lipinski definition) is 5. The average Bonchev–Trinajstić information content (AvgIpc) is 3.00. The summed E-state index contributed by atoms with van der Waals surface area (Å²) < 4.78 is 2.18. The Labute approximate surface area is 128 Å². The van der Waals surface area contributed by atoms with Gasteiger partial charge in [0.2, 0.25) is 5.95 Å². The number of rotatable bonds is 7. The molecule has 0 saturated heterocycles. The molecular formula is C14H22N4O2S. The van der Waals surface area contributed by atoms with Crippen molar-refractivity contribution in [2.24, 2.45) is 0 Å². The van der Waals surface area contributed by atoms with Gasteiger partial charge in [-0.15, -0.1) is 10.2 Å². The standard InChI is InChI=1S/C14H22N4O2S/c1-2-17(10-5-3-4-6-10)13-15-16-14(21-9-12(19)20)18(13)11-7-8-11/h10-11H,2-9H2,1H3,(H,19,20). The van der Waals surface area contributed by atoms with Gasteiger partial charge in [0.1, 0.15) is 0 Å².